The number of likely N-dealkylation sites (tertiary alicyclic amines) is 1. The number of carbonyl (C=O) groups excluding carboxylic acids is 2. The number of hydrogen-bond acceptors (Lipinski definition) is 6. The summed E-state index contributed by atoms with van der Waals surface area (Å²) >= 11 is 0. The molecule has 0 unspecified atom stereocenters. The fourth-order valence-electron chi connectivity index (χ4n) is 4.35. The van der Waals surface area contributed by atoms with Gasteiger partial charge in [-0.3, -0.25) is 9.59 Å². The average molecular weight is 509 g/mol. The first-order chi connectivity index (χ1) is 17.8. The third-order valence-corrected chi connectivity index (χ3v) is 6.44. The standard InChI is InChI=1S/C24H32N4O4.C5H8/c1-15-8-9-19(18-7-5-4-6-17(15)18)24(30)28-12-10-16(11-13-28)27-23(29)20(22(26)32-3)14-21(25)31-2;1-3-5-4-2/h4-8,14,16,19H,9-13,25-26H2,1-3H3,(H,27,29);3-5H,1H2,2H3/b21-14+,22-20-;5-4-/t19-;/m1./s1. The van der Waals surface area contributed by atoms with Crippen LogP contribution >= 0.6 is 0 Å². The Morgan fingerprint density at radius 3 is 2.38 bits per heavy atom. The Bertz CT molecular complexity index is 1080. The molecular formula is C29H40N4O4. The molecule has 1 fully saturated rings. The van der Waals surface area contributed by atoms with E-state index in [0.717, 1.165) is 17.5 Å². The van der Waals surface area contributed by atoms with Gasteiger partial charge in [-0.25, -0.2) is 0 Å². The van der Waals surface area contributed by atoms with E-state index in [1.807, 2.05) is 36.1 Å². The number of methoxy groups -OCH3 is 2. The van der Waals surface area contributed by atoms with Crippen LogP contribution < -0.4 is 16.8 Å². The van der Waals surface area contributed by atoms with Gasteiger partial charge in [-0.05, 0) is 49.8 Å². The van der Waals surface area contributed by atoms with E-state index in [2.05, 4.69) is 37.0 Å². The number of allylic oxidation sites excluding steroid dienone is 5. The van der Waals surface area contributed by atoms with Crippen LogP contribution in [0.5, 0.6) is 0 Å². The second kappa shape index (κ2) is 14.6. The molecule has 1 aromatic carbocycles. The fourth-order valence-corrected chi connectivity index (χ4v) is 4.35. The summed E-state index contributed by atoms with van der Waals surface area (Å²) in [5, 5.41) is 2.96. The number of fused-ring (bicyclic) bond motifs is 1. The van der Waals surface area contributed by atoms with Crippen LogP contribution in [-0.2, 0) is 19.1 Å². The van der Waals surface area contributed by atoms with Gasteiger partial charge in [0, 0.05) is 25.2 Å². The van der Waals surface area contributed by atoms with Gasteiger partial charge in [0.2, 0.25) is 5.91 Å². The highest BCUT2D eigenvalue weighted by atomic mass is 16.5. The third-order valence-electron chi connectivity index (χ3n) is 6.44. The lowest BCUT2D eigenvalue weighted by Crippen LogP contribution is -2.48. The van der Waals surface area contributed by atoms with Gasteiger partial charge >= 0.3 is 0 Å². The van der Waals surface area contributed by atoms with E-state index >= 15 is 0 Å². The SMILES string of the molecule is C=C/C=C\C.CO/C(N)=C(/C=C(\N)OC)C(=O)NC1CCN(C(=O)[C@@H]2CC=C(C)c3ccccc32)CC1. The van der Waals surface area contributed by atoms with Crippen molar-refractivity contribution in [1.82, 2.24) is 10.2 Å². The minimum Gasteiger partial charge on any atom is -0.483 e. The van der Waals surface area contributed by atoms with E-state index in [4.69, 9.17) is 20.9 Å². The van der Waals surface area contributed by atoms with E-state index in [1.165, 1.54) is 25.9 Å². The Morgan fingerprint density at radius 1 is 1.14 bits per heavy atom. The quantitative estimate of drug-likeness (QED) is 0.294. The predicted molar refractivity (Wildman–Crippen MR) is 148 cm³/mol. The first-order valence-electron chi connectivity index (χ1n) is 12.4. The number of benzene rings is 1. The van der Waals surface area contributed by atoms with Crippen LogP contribution in [0.4, 0.5) is 0 Å². The van der Waals surface area contributed by atoms with Crippen LogP contribution in [0, 0.1) is 0 Å². The maximum atomic E-state index is 13.3. The molecule has 3 rings (SSSR count). The largest absolute Gasteiger partial charge is 0.483 e. The summed E-state index contributed by atoms with van der Waals surface area (Å²) in [5.74, 6) is -0.400. The van der Waals surface area contributed by atoms with Gasteiger partial charge in [-0.1, -0.05) is 55.1 Å². The van der Waals surface area contributed by atoms with Gasteiger partial charge < -0.3 is 31.2 Å². The van der Waals surface area contributed by atoms with Crippen LogP contribution in [0.3, 0.4) is 0 Å². The van der Waals surface area contributed by atoms with E-state index < -0.39 is 5.91 Å². The smallest absolute Gasteiger partial charge is 0.257 e. The number of ether oxygens (including phenoxy) is 2. The van der Waals surface area contributed by atoms with Gasteiger partial charge in [0.15, 0.2) is 11.8 Å². The minimum absolute atomic E-state index is 0.0468. The highest BCUT2D eigenvalue weighted by Crippen LogP contribution is 2.35. The Hall–Kier alpha value is -3.94. The molecule has 0 aromatic heterocycles. The molecule has 1 saturated heterocycles. The van der Waals surface area contributed by atoms with Gasteiger partial charge in [0.05, 0.1) is 20.1 Å². The molecule has 8 nitrogen and oxygen atoms in total. The molecule has 0 spiro atoms. The summed E-state index contributed by atoms with van der Waals surface area (Å²) in [6, 6.07) is 8.04. The number of carbonyl (C=O) groups is 2. The topological polar surface area (TPSA) is 120 Å². The van der Waals surface area contributed by atoms with Crippen molar-refractivity contribution < 1.29 is 19.1 Å². The van der Waals surface area contributed by atoms with Crippen molar-refractivity contribution in [3.8, 4) is 0 Å². The van der Waals surface area contributed by atoms with Crippen LogP contribution in [-0.4, -0.2) is 50.1 Å². The lowest BCUT2D eigenvalue weighted by atomic mass is 9.82. The van der Waals surface area contributed by atoms with Crippen LogP contribution in [0.2, 0.25) is 0 Å². The average Bonchev–Trinajstić information content (AvgIpc) is 2.92. The summed E-state index contributed by atoms with van der Waals surface area (Å²) in [4.78, 5) is 27.9. The van der Waals surface area contributed by atoms with E-state index in [0.29, 0.717) is 25.9 Å². The predicted octanol–water partition coefficient (Wildman–Crippen LogP) is 3.70. The Labute approximate surface area is 220 Å². The lowest BCUT2D eigenvalue weighted by Gasteiger charge is -2.35. The molecular weight excluding hydrogens is 468 g/mol. The maximum Gasteiger partial charge on any atom is 0.257 e. The lowest BCUT2D eigenvalue weighted by molar-refractivity contribution is -0.134. The molecule has 5 N–H and O–H groups in total. The summed E-state index contributed by atoms with van der Waals surface area (Å²) in [7, 11) is 2.78. The molecule has 2 amide bonds. The molecule has 2 aliphatic rings. The molecule has 0 saturated carbocycles. The van der Waals surface area contributed by atoms with Gasteiger partial charge in [0.1, 0.15) is 5.57 Å². The molecule has 0 radical (unpaired) electrons. The number of nitrogens with zero attached hydrogens (tertiary/aromatic N) is 1. The van der Waals surface area contributed by atoms with E-state index in [1.54, 1.807) is 6.08 Å². The summed E-state index contributed by atoms with van der Waals surface area (Å²) in [6.07, 6.45) is 11.1. The Balaban J connectivity index is 0.000000877. The molecule has 0 bridgehead atoms. The van der Waals surface area contributed by atoms with Crippen molar-refractivity contribution in [2.24, 2.45) is 11.5 Å². The number of hydrogen-bond donors (Lipinski definition) is 3. The summed E-state index contributed by atoms with van der Waals surface area (Å²) < 4.78 is 9.91. The van der Waals surface area contributed by atoms with Crippen molar-refractivity contribution in [2.75, 3.05) is 27.3 Å². The van der Waals surface area contributed by atoms with Gasteiger partial charge in [0.25, 0.3) is 5.91 Å². The second-order valence-electron chi connectivity index (χ2n) is 8.83. The molecule has 200 valence electrons. The molecule has 37 heavy (non-hydrogen) atoms. The van der Waals surface area contributed by atoms with Crippen molar-refractivity contribution >= 4 is 17.4 Å². The first-order valence-corrected chi connectivity index (χ1v) is 12.4. The first kappa shape index (κ1) is 29.3. The zero-order valence-corrected chi connectivity index (χ0v) is 22.3. The molecule has 1 aliphatic carbocycles. The number of rotatable bonds is 7. The zero-order chi connectivity index (χ0) is 27.4. The van der Waals surface area contributed by atoms with E-state index in [9.17, 15) is 9.59 Å². The van der Waals surface area contributed by atoms with E-state index in [-0.39, 0.29) is 35.2 Å². The molecule has 1 heterocycles. The fraction of sp³-hybridized carbons (Fsp3) is 0.379. The number of nitrogens with two attached hydrogens (primary N) is 2. The minimum atomic E-state index is -0.393. The third kappa shape index (κ3) is 8.03. The Kier molecular flexibility index (Phi) is 11.5. The molecule has 1 aliphatic heterocycles. The molecule has 1 aromatic rings. The van der Waals surface area contributed by atoms with Crippen molar-refractivity contribution in [3.63, 3.8) is 0 Å². The van der Waals surface area contributed by atoms with Crippen molar-refractivity contribution in [2.45, 2.75) is 45.1 Å². The molecule has 8 heteroatoms. The molecule has 1 atom stereocenters. The summed E-state index contributed by atoms with van der Waals surface area (Å²) in [6.45, 7) is 8.68. The van der Waals surface area contributed by atoms with Crippen LogP contribution in [0.15, 0.2) is 78.6 Å². The highest BCUT2D eigenvalue weighted by Gasteiger charge is 2.32. The Morgan fingerprint density at radius 2 is 1.81 bits per heavy atom. The zero-order valence-electron chi connectivity index (χ0n) is 22.3. The second-order valence-corrected chi connectivity index (χ2v) is 8.83. The van der Waals surface area contributed by atoms with Crippen LogP contribution in [0.25, 0.3) is 5.57 Å². The number of piperidine rings is 1. The number of amides is 2. The normalized spacial score (nSPS) is 18.5. The monoisotopic (exact) mass is 508 g/mol. The number of nitrogens with one attached hydrogen (secondary N) is 1. The summed E-state index contributed by atoms with van der Waals surface area (Å²) in [5.41, 5.74) is 15.0. The maximum absolute atomic E-state index is 13.3. The van der Waals surface area contributed by atoms with Gasteiger partial charge in [-0.2, -0.15) is 0 Å². The van der Waals surface area contributed by atoms with Crippen molar-refractivity contribution in [1.29, 1.82) is 0 Å². The van der Waals surface area contributed by atoms with Crippen LogP contribution in [0.1, 0.15) is 50.2 Å². The highest BCUT2D eigenvalue weighted by molar-refractivity contribution is 5.97. The van der Waals surface area contributed by atoms with Gasteiger partial charge in [-0.15, -0.1) is 0 Å². The van der Waals surface area contributed by atoms with Crippen molar-refractivity contribution in [3.05, 3.63) is 89.7 Å².